The highest BCUT2D eigenvalue weighted by Crippen LogP contribution is 2.29. The second-order valence-electron chi connectivity index (χ2n) is 6.31. The van der Waals surface area contributed by atoms with E-state index in [1.807, 2.05) is 32.0 Å². The Balaban J connectivity index is 1.58. The molecule has 0 aliphatic heterocycles. The van der Waals surface area contributed by atoms with Crippen molar-refractivity contribution in [3.8, 4) is 17.2 Å². The second-order valence-corrected chi connectivity index (χ2v) is 6.31. The molecule has 0 aliphatic rings. The SMILES string of the molecule is CCOc1ccc(COc2ccc(NC(=O)c3cc([N+](=O)[O-])[nH]n3)cc2)cc1OCC. The largest absolute Gasteiger partial charge is 0.490 e. The van der Waals surface area contributed by atoms with Crippen molar-refractivity contribution in [2.75, 3.05) is 18.5 Å². The molecule has 0 spiro atoms. The summed E-state index contributed by atoms with van der Waals surface area (Å²) in [4.78, 5) is 22.1. The number of carbonyl (C=O) groups excluding carboxylic acids is 1. The van der Waals surface area contributed by atoms with Crippen LogP contribution in [-0.4, -0.2) is 34.2 Å². The van der Waals surface area contributed by atoms with Crippen molar-refractivity contribution in [2.24, 2.45) is 0 Å². The number of benzene rings is 2. The van der Waals surface area contributed by atoms with Crippen molar-refractivity contribution < 1.29 is 23.9 Å². The highest BCUT2D eigenvalue weighted by atomic mass is 16.6. The van der Waals surface area contributed by atoms with Gasteiger partial charge in [-0.25, -0.2) is 0 Å². The van der Waals surface area contributed by atoms with E-state index >= 15 is 0 Å². The summed E-state index contributed by atoms with van der Waals surface area (Å²) in [6, 6.07) is 13.5. The van der Waals surface area contributed by atoms with Crippen molar-refractivity contribution in [1.82, 2.24) is 10.2 Å². The standard InChI is InChI=1S/C21H22N4O6/c1-3-29-18-10-5-14(11-19(18)30-4-2)13-31-16-8-6-15(7-9-16)22-21(26)17-12-20(24-23-17)25(27)28/h5-12H,3-4,13H2,1-2H3,(H,22,26)(H,23,24). The van der Waals surface area contributed by atoms with Crippen LogP contribution >= 0.6 is 0 Å². The molecule has 0 radical (unpaired) electrons. The van der Waals surface area contributed by atoms with Gasteiger partial charge in [-0.1, -0.05) is 11.2 Å². The van der Waals surface area contributed by atoms with Crippen LogP contribution in [-0.2, 0) is 6.61 Å². The number of nitrogens with one attached hydrogen (secondary N) is 2. The van der Waals surface area contributed by atoms with Gasteiger partial charge in [-0.2, -0.15) is 0 Å². The molecular weight excluding hydrogens is 404 g/mol. The zero-order valence-electron chi connectivity index (χ0n) is 17.1. The lowest BCUT2D eigenvalue weighted by molar-refractivity contribution is -0.389. The first-order valence-corrected chi connectivity index (χ1v) is 9.62. The van der Waals surface area contributed by atoms with Crippen molar-refractivity contribution in [2.45, 2.75) is 20.5 Å². The molecule has 3 aromatic rings. The number of nitrogens with zero attached hydrogens (tertiary/aromatic N) is 2. The lowest BCUT2D eigenvalue weighted by Crippen LogP contribution is -2.12. The van der Waals surface area contributed by atoms with E-state index < -0.39 is 10.8 Å². The predicted octanol–water partition coefficient (Wildman–Crippen LogP) is 3.95. The molecule has 0 unspecified atom stereocenters. The van der Waals surface area contributed by atoms with Crippen LogP contribution in [0.3, 0.4) is 0 Å². The molecule has 0 bridgehead atoms. The van der Waals surface area contributed by atoms with Gasteiger partial charge in [-0.15, -0.1) is 5.10 Å². The van der Waals surface area contributed by atoms with Gasteiger partial charge >= 0.3 is 5.82 Å². The fourth-order valence-electron chi connectivity index (χ4n) is 2.70. The Hall–Kier alpha value is -4.08. The smallest absolute Gasteiger partial charge is 0.343 e. The molecule has 0 saturated heterocycles. The number of aromatic amines is 1. The topological polar surface area (TPSA) is 129 Å². The molecule has 162 valence electrons. The average molecular weight is 426 g/mol. The van der Waals surface area contributed by atoms with Crippen LogP contribution < -0.4 is 19.5 Å². The van der Waals surface area contributed by atoms with Gasteiger partial charge in [-0.3, -0.25) is 4.79 Å². The Bertz CT molecular complexity index is 1050. The van der Waals surface area contributed by atoms with E-state index in [0.29, 0.717) is 42.8 Å². The van der Waals surface area contributed by atoms with Crippen LogP contribution in [0.1, 0.15) is 29.9 Å². The number of rotatable bonds is 10. The molecule has 1 heterocycles. The van der Waals surface area contributed by atoms with Gasteiger partial charge in [0.15, 0.2) is 17.2 Å². The Labute approximate surface area is 178 Å². The van der Waals surface area contributed by atoms with E-state index in [9.17, 15) is 14.9 Å². The third-order valence-corrected chi connectivity index (χ3v) is 4.12. The summed E-state index contributed by atoms with van der Waals surface area (Å²) < 4.78 is 17.0. The molecule has 0 aliphatic carbocycles. The minimum absolute atomic E-state index is 0.0763. The summed E-state index contributed by atoms with van der Waals surface area (Å²) in [6.07, 6.45) is 0. The number of H-pyrrole nitrogens is 1. The number of carbonyl (C=O) groups is 1. The van der Waals surface area contributed by atoms with Gasteiger partial charge in [0.1, 0.15) is 12.4 Å². The highest BCUT2D eigenvalue weighted by Gasteiger charge is 2.16. The molecule has 10 heteroatoms. The minimum atomic E-state index is -0.655. The number of nitro groups is 1. The van der Waals surface area contributed by atoms with E-state index in [1.54, 1.807) is 24.3 Å². The van der Waals surface area contributed by atoms with Crippen LogP contribution in [0.2, 0.25) is 0 Å². The summed E-state index contributed by atoms with van der Waals surface area (Å²) in [5, 5.41) is 19.1. The maximum Gasteiger partial charge on any atom is 0.343 e. The molecule has 0 atom stereocenters. The number of hydrogen-bond acceptors (Lipinski definition) is 7. The van der Waals surface area contributed by atoms with Crippen molar-refractivity contribution in [1.29, 1.82) is 0 Å². The molecule has 10 nitrogen and oxygen atoms in total. The third kappa shape index (κ3) is 5.72. The Morgan fingerprint density at radius 2 is 1.74 bits per heavy atom. The van der Waals surface area contributed by atoms with Gasteiger partial charge in [0, 0.05) is 5.69 Å². The Morgan fingerprint density at radius 1 is 1.03 bits per heavy atom. The van der Waals surface area contributed by atoms with E-state index in [1.165, 1.54) is 0 Å². The van der Waals surface area contributed by atoms with Gasteiger partial charge in [0.2, 0.25) is 0 Å². The minimum Gasteiger partial charge on any atom is -0.490 e. The number of anilines is 1. The molecule has 1 aromatic heterocycles. The fourth-order valence-corrected chi connectivity index (χ4v) is 2.70. The summed E-state index contributed by atoms with van der Waals surface area (Å²) in [6.45, 7) is 5.23. The van der Waals surface area contributed by atoms with Crippen LogP contribution in [0.15, 0.2) is 48.5 Å². The van der Waals surface area contributed by atoms with Gasteiger partial charge in [-0.05, 0) is 60.7 Å². The molecular formula is C21H22N4O6. The summed E-state index contributed by atoms with van der Waals surface area (Å²) in [5.41, 5.74) is 1.35. The average Bonchev–Trinajstić information content (AvgIpc) is 3.26. The van der Waals surface area contributed by atoms with Crippen molar-refractivity contribution >= 4 is 17.4 Å². The normalized spacial score (nSPS) is 10.4. The van der Waals surface area contributed by atoms with Crippen LogP contribution in [0.5, 0.6) is 17.2 Å². The summed E-state index contributed by atoms with van der Waals surface area (Å²) in [7, 11) is 0. The quantitative estimate of drug-likeness (QED) is 0.371. The monoisotopic (exact) mass is 426 g/mol. The Kier molecular flexibility index (Phi) is 7.05. The van der Waals surface area contributed by atoms with E-state index in [0.717, 1.165) is 11.6 Å². The number of amides is 1. The molecule has 0 saturated carbocycles. The van der Waals surface area contributed by atoms with Crippen molar-refractivity contribution in [3.05, 3.63) is 69.9 Å². The maximum atomic E-state index is 12.1. The highest BCUT2D eigenvalue weighted by molar-refractivity contribution is 6.03. The fraction of sp³-hybridized carbons (Fsp3) is 0.238. The number of aromatic nitrogens is 2. The van der Waals surface area contributed by atoms with Crippen molar-refractivity contribution in [3.63, 3.8) is 0 Å². The molecule has 31 heavy (non-hydrogen) atoms. The lowest BCUT2D eigenvalue weighted by atomic mass is 10.2. The van der Waals surface area contributed by atoms with Crippen LogP contribution in [0.25, 0.3) is 0 Å². The molecule has 2 aromatic carbocycles. The van der Waals surface area contributed by atoms with Crippen LogP contribution in [0.4, 0.5) is 11.5 Å². The third-order valence-electron chi connectivity index (χ3n) is 4.12. The predicted molar refractivity (Wildman–Crippen MR) is 113 cm³/mol. The summed E-state index contributed by atoms with van der Waals surface area (Å²) in [5.74, 6) is 1.06. The molecule has 0 fully saturated rings. The molecule has 1 amide bonds. The van der Waals surface area contributed by atoms with E-state index in [4.69, 9.17) is 14.2 Å². The maximum absolute atomic E-state index is 12.1. The molecule has 3 rings (SSSR count). The van der Waals surface area contributed by atoms with Gasteiger partial charge in [0.05, 0.1) is 19.3 Å². The number of ether oxygens (including phenoxy) is 3. The zero-order chi connectivity index (χ0) is 22.2. The van der Waals surface area contributed by atoms with Crippen LogP contribution in [0, 0.1) is 10.1 Å². The second kappa shape index (κ2) is 10.1. The lowest BCUT2D eigenvalue weighted by Gasteiger charge is -2.13. The Morgan fingerprint density at radius 3 is 2.39 bits per heavy atom. The van der Waals surface area contributed by atoms with Gasteiger partial charge < -0.3 is 29.6 Å². The first kappa shape index (κ1) is 21.6. The first-order valence-electron chi connectivity index (χ1n) is 9.62. The number of hydrogen-bond donors (Lipinski definition) is 2. The van der Waals surface area contributed by atoms with E-state index in [2.05, 4.69) is 15.5 Å². The summed E-state index contributed by atoms with van der Waals surface area (Å²) >= 11 is 0. The zero-order valence-corrected chi connectivity index (χ0v) is 17.1. The molecule has 2 N–H and O–H groups in total. The first-order chi connectivity index (χ1) is 15.0. The van der Waals surface area contributed by atoms with Gasteiger partial charge in [0.25, 0.3) is 5.91 Å². The van der Waals surface area contributed by atoms with E-state index in [-0.39, 0.29) is 11.5 Å².